The Balaban J connectivity index is 2.77. The van der Waals surface area contributed by atoms with Crippen molar-refractivity contribution in [2.24, 2.45) is 5.92 Å². The van der Waals surface area contributed by atoms with E-state index in [0.717, 1.165) is 0 Å². The van der Waals surface area contributed by atoms with E-state index in [1.165, 1.54) is 0 Å². The molecule has 2 N–H and O–H groups in total. The Morgan fingerprint density at radius 2 is 2.11 bits per heavy atom. The normalized spacial score (nSPS) is 13.1. The van der Waals surface area contributed by atoms with Crippen LogP contribution in [-0.4, -0.2) is 33.4 Å². The van der Waals surface area contributed by atoms with Crippen LogP contribution >= 0.6 is 0 Å². The lowest BCUT2D eigenvalue weighted by atomic mass is 10.0. The van der Waals surface area contributed by atoms with E-state index >= 15 is 0 Å². The summed E-state index contributed by atoms with van der Waals surface area (Å²) in [6.07, 6.45) is 2.20. The van der Waals surface area contributed by atoms with Crippen LogP contribution in [0.5, 0.6) is 0 Å². The zero-order valence-corrected chi connectivity index (χ0v) is 11.6. The molecule has 1 atom stereocenters. The third-order valence-corrected chi connectivity index (χ3v) is 2.95. The summed E-state index contributed by atoms with van der Waals surface area (Å²) in [5.74, 6) is 0.157. The van der Waals surface area contributed by atoms with E-state index in [1.54, 1.807) is 16.9 Å². The fourth-order valence-electron chi connectivity index (χ4n) is 1.86. The second-order valence-corrected chi connectivity index (χ2v) is 5.09. The lowest BCUT2D eigenvalue weighted by Crippen LogP contribution is -2.40. The van der Waals surface area contributed by atoms with Gasteiger partial charge in [-0.2, -0.15) is 5.10 Å². The number of aliphatic hydroxyl groups is 1. The molecule has 0 fully saturated rings. The molecule has 0 spiro atoms. The monoisotopic (exact) mass is 253 g/mol. The van der Waals surface area contributed by atoms with E-state index in [-0.39, 0.29) is 30.5 Å². The third kappa shape index (κ3) is 3.57. The van der Waals surface area contributed by atoms with Gasteiger partial charge in [0.05, 0.1) is 0 Å². The largest absolute Gasteiger partial charge is 0.396 e. The fourth-order valence-corrected chi connectivity index (χ4v) is 1.86. The first kappa shape index (κ1) is 14.7. The summed E-state index contributed by atoms with van der Waals surface area (Å²) >= 11 is 0. The van der Waals surface area contributed by atoms with Crippen molar-refractivity contribution in [3.05, 3.63) is 18.0 Å². The van der Waals surface area contributed by atoms with Crippen LogP contribution in [0.1, 0.15) is 50.6 Å². The maximum absolute atomic E-state index is 12.2. The molecule has 0 aromatic carbocycles. The molecular formula is C13H23N3O2. The van der Waals surface area contributed by atoms with Gasteiger partial charge < -0.3 is 10.4 Å². The van der Waals surface area contributed by atoms with Crippen molar-refractivity contribution in [1.29, 1.82) is 0 Å². The summed E-state index contributed by atoms with van der Waals surface area (Å²) in [6.45, 7) is 8.10. The molecule has 1 amide bonds. The Hall–Kier alpha value is -1.36. The predicted octanol–water partition coefficient (Wildman–Crippen LogP) is 1.60. The highest BCUT2D eigenvalue weighted by Crippen LogP contribution is 2.10. The van der Waals surface area contributed by atoms with Crippen LogP contribution in [0.25, 0.3) is 0 Å². The molecule has 0 radical (unpaired) electrons. The topological polar surface area (TPSA) is 67.2 Å². The number of aromatic nitrogens is 2. The van der Waals surface area contributed by atoms with E-state index in [1.807, 2.05) is 27.7 Å². The molecule has 0 aliphatic rings. The first-order valence-electron chi connectivity index (χ1n) is 6.42. The summed E-state index contributed by atoms with van der Waals surface area (Å²) in [6, 6.07) is 1.85. The summed E-state index contributed by atoms with van der Waals surface area (Å²) in [7, 11) is 0. The van der Waals surface area contributed by atoms with Crippen LogP contribution in [0.3, 0.4) is 0 Å². The zero-order chi connectivity index (χ0) is 13.7. The Labute approximate surface area is 108 Å². The van der Waals surface area contributed by atoms with Crippen molar-refractivity contribution in [2.75, 3.05) is 6.61 Å². The summed E-state index contributed by atoms with van der Waals surface area (Å²) in [5.41, 5.74) is 0.564. The highest BCUT2D eigenvalue weighted by Gasteiger charge is 2.19. The molecule has 5 nitrogen and oxygen atoms in total. The average Bonchev–Trinajstić information content (AvgIpc) is 2.77. The molecule has 0 saturated heterocycles. The Morgan fingerprint density at radius 1 is 1.44 bits per heavy atom. The molecule has 0 aliphatic heterocycles. The third-order valence-electron chi connectivity index (χ3n) is 2.95. The van der Waals surface area contributed by atoms with Crippen molar-refractivity contribution < 1.29 is 9.90 Å². The standard InChI is InChI=1S/C13H23N3O2/c1-9(2)11(6-8-17)15-13(18)12-5-7-14-16(12)10(3)4/h5,7,9-11,17H,6,8H2,1-4H3,(H,15,18). The molecular weight excluding hydrogens is 230 g/mol. The van der Waals surface area contributed by atoms with Crippen molar-refractivity contribution in [3.63, 3.8) is 0 Å². The number of aliphatic hydroxyl groups excluding tert-OH is 1. The van der Waals surface area contributed by atoms with Crippen molar-refractivity contribution in [3.8, 4) is 0 Å². The zero-order valence-electron chi connectivity index (χ0n) is 11.6. The number of hydrogen-bond donors (Lipinski definition) is 2. The maximum Gasteiger partial charge on any atom is 0.269 e. The molecule has 1 unspecified atom stereocenters. The SMILES string of the molecule is CC(C)C(CCO)NC(=O)c1ccnn1C(C)C. The Bertz CT molecular complexity index is 385. The quantitative estimate of drug-likeness (QED) is 0.809. The molecule has 1 aromatic heterocycles. The number of carbonyl (C=O) groups excluding carboxylic acids is 1. The van der Waals surface area contributed by atoms with Gasteiger partial charge in [0, 0.05) is 24.9 Å². The average molecular weight is 253 g/mol. The second kappa shape index (κ2) is 6.54. The van der Waals surface area contributed by atoms with Crippen LogP contribution in [0.2, 0.25) is 0 Å². The van der Waals surface area contributed by atoms with Gasteiger partial charge in [0.25, 0.3) is 5.91 Å². The minimum Gasteiger partial charge on any atom is -0.396 e. The molecule has 1 rings (SSSR count). The molecule has 1 heterocycles. The molecule has 18 heavy (non-hydrogen) atoms. The van der Waals surface area contributed by atoms with E-state index in [0.29, 0.717) is 12.1 Å². The van der Waals surface area contributed by atoms with E-state index in [4.69, 9.17) is 5.11 Å². The van der Waals surface area contributed by atoms with Gasteiger partial charge in [-0.25, -0.2) is 0 Å². The molecule has 102 valence electrons. The van der Waals surface area contributed by atoms with Gasteiger partial charge >= 0.3 is 0 Å². The van der Waals surface area contributed by atoms with E-state index < -0.39 is 0 Å². The van der Waals surface area contributed by atoms with Crippen LogP contribution in [0.4, 0.5) is 0 Å². The minimum absolute atomic E-state index is 0.0157. The minimum atomic E-state index is -0.131. The first-order chi connectivity index (χ1) is 8.47. The van der Waals surface area contributed by atoms with E-state index in [2.05, 4.69) is 10.4 Å². The maximum atomic E-state index is 12.2. The number of carbonyl (C=O) groups is 1. The van der Waals surface area contributed by atoms with Gasteiger partial charge in [-0.1, -0.05) is 13.8 Å². The number of nitrogens with zero attached hydrogens (tertiary/aromatic N) is 2. The van der Waals surface area contributed by atoms with Gasteiger partial charge in [-0.05, 0) is 32.3 Å². The van der Waals surface area contributed by atoms with Gasteiger partial charge in [-0.15, -0.1) is 0 Å². The highest BCUT2D eigenvalue weighted by atomic mass is 16.3. The number of amides is 1. The molecule has 1 aromatic rings. The highest BCUT2D eigenvalue weighted by molar-refractivity contribution is 5.92. The van der Waals surface area contributed by atoms with E-state index in [9.17, 15) is 4.79 Å². The number of nitrogens with one attached hydrogen (secondary N) is 1. The molecule has 0 bridgehead atoms. The van der Waals surface area contributed by atoms with Crippen molar-refractivity contribution in [2.45, 2.75) is 46.2 Å². The fraction of sp³-hybridized carbons (Fsp3) is 0.692. The van der Waals surface area contributed by atoms with Gasteiger partial charge in [0.2, 0.25) is 0 Å². The van der Waals surface area contributed by atoms with Gasteiger partial charge in [0.1, 0.15) is 5.69 Å². The summed E-state index contributed by atoms with van der Waals surface area (Å²) < 4.78 is 1.70. The summed E-state index contributed by atoms with van der Waals surface area (Å²) in [5, 5.41) is 16.1. The molecule has 0 saturated carbocycles. The number of rotatable bonds is 6. The second-order valence-electron chi connectivity index (χ2n) is 5.09. The molecule has 0 aliphatic carbocycles. The van der Waals surface area contributed by atoms with Gasteiger partial charge in [0.15, 0.2) is 0 Å². The Kier molecular flexibility index (Phi) is 5.34. The number of hydrogen-bond acceptors (Lipinski definition) is 3. The smallest absolute Gasteiger partial charge is 0.269 e. The van der Waals surface area contributed by atoms with Crippen LogP contribution in [-0.2, 0) is 0 Å². The van der Waals surface area contributed by atoms with Crippen LogP contribution < -0.4 is 5.32 Å². The Morgan fingerprint density at radius 3 is 2.61 bits per heavy atom. The van der Waals surface area contributed by atoms with Crippen molar-refractivity contribution >= 4 is 5.91 Å². The lowest BCUT2D eigenvalue weighted by Gasteiger charge is -2.22. The first-order valence-corrected chi connectivity index (χ1v) is 6.42. The molecule has 5 heteroatoms. The van der Waals surface area contributed by atoms with Gasteiger partial charge in [-0.3, -0.25) is 9.48 Å². The van der Waals surface area contributed by atoms with Crippen LogP contribution in [0.15, 0.2) is 12.3 Å². The summed E-state index contributed by atoms with van der Waals surface area (Å²) in [4.78, 5) is 12.2. The van der Waals surface area contributed by atoms with Crippen molar-refractivity contribution in [1.82, 2.24) is 15.1 Å². The van der Waals surface area contributed by atoms with Crippen LogP contribution in [0, 0.1) is 5.92 Å². The predicted molar refractivity (Wildman–Crippen MR) is 70.4 cm³/mol. The lowest BCUT2D eigenvalue weighted by molar-refractivity contribution is 0.0903.